The summed E-state index contributed by atoms with van der Waals surface area (Å²) < 4.78 is 29.4. The maximum Gasteiger partial charge on any atom is 0.262 e. The highest BCUT2D eigenvalue weighted by molar-refractivity contribution is 7.89. The molecular formula is C14H21N3O5S. The van der Waals surface area contributed by atoms with E-state index in [4.69, 9.17) is 9.57 Å². The fraction of sp³-hybridized carbons (Fsp3) is 0.500. The molecule has 0 spiro atoms. The Morgan fingerprint density at radius 1 is 1.26 bits per heavy atom. The number of rotatable bonds is 7. The fourth-order valence-corrected chi connectivity index (χ4v) is 2.92. The first kappa shape index (κ1) is 17.8. The van der Waals surface area contributed by atoms with E-state index in [1.165, 1.54) is 31.2 Å². The molecule has 0 saturated carbocycles. The van der Waals surface area contributed by atoms with Crippen LogP contribution < -0.4 is 10.2 Å². The van der Waals surface area contributed by atoms with E-state index in [2.05, 4.69) is 15.1 Å². The van der Waals surface area contributed by atoms with Gasteiger partial charge in [0.05, 0.1) is 24.7 Å². The van der Waals surface area contributed by atoms with Crippen LogP contribution in [-0.2, 0) is 24.4 Å². The molecule has 2 rings (SSSR count). The van der Waals surface area contributed by atoms with Crippen LogP contribution in [-0.4, -0.2) is 58.7 Å². The van der Waals surface area contributed by atoms with Gasteiger partial charge in [-0.15, -0.1) is 0 Å². The first-order chi connectivity index (χ1) is 11.0. The van der Waals surface area contributed by atoms with Crippen molar-refractivity contribution >= 4 is 21.6 Å². The number of amides is 1. The Balaban J connectivity index is 1.80. The zero-order chi connectivity index (χ0) is 16.7. The van der Waals surface area contributed by atoms with Crippen molar-refractivity contribution in [2.45, 2.75) is 11.8 Å². The number of hydrogen-bond donors (Lipinski definition) is 2. The predicted octanol–water partition coefficient (Wildman–Crippen LogP) is 0.187. The highest BCUT2D eigenvalue weighted by Crippen LogP contribution is 2.13. The maximum absolute atomic E-state index is 12.1. The van der Waals surface area contributed by atoms with E-state index in [-0.39, 0.29) is 17.4 Å². The van der Waals surface area contributed by atoms with E-state index < -0.39 is 10.0 Å². The number of carbonyl (C=O) groups excluding carboxylic acids is 1. The minimum absolute atomic E-state index is 0.0676. The Morgan fingerprint density at radius 2 is 1.91 bits per heavy atom. The highest BCUT2D eigenvalue weighted by Gasteiger charge is 2.15. The van der Waals surface area contributed by atoms with Crippen molar-refractivity contribution in [3.05, 3.63) is 24.3 Å². The van der Waals surface area contributed by atoms with Crippen LogP contribution in [0.5, 0.6) is 0 Å². The molecular weight excluding hydrogens is 322 g/mol. The van der Waals surface area contributed by atoms with E-state index in [0.29, 0.717) is 25.4 Å². The minimum atomic E-state index is -3.74. The van der Waals surface area contributed by atoms with E-state index in [0.717, 1.165) is 13.1 Å². The second-order valence-electron chi connectivity index (χ2n) is 5.09. The molecule has 1 saturated heterocycles. The van der Waals surface area contributed by atoms with Crippen LogP contribution in [0.2, 0.25) is 0 Å². The van der Waals surface area contributed by atoms with E-state index in [1.807, 2.05) is 0 Å². The van der Waals surface area contributed by atoms with Crippen molar-refractivity contribution in [2.75, 3.05) is 44.8 Å². The largest absolute Gasteiger partial charge is 0.379 e. The Bertz CT molecular complexity index is 612. The normalized spacial score (nSPS) is 16.2. The van der Waals surface area contributed by atoms with Gasteiger partial charge in [-0.3, -0.25) is 14.5 Å². The van der Waals surface area contributed by atoms with Crippen LogP contribution in [0.15, 0.2) is 29.2 Å². The first-order valence-corrected chi connectivity index (χ1v) is 8.77. The quantitative estimate of drug-likeness (QED) is 0.542. The molecule has 0 bridgehead atoms. The Labute approximate surface area is 135 Å². The molecule has 2 N–H and O–H groups in total. The van der Waals surface area contributed by atoms with Crippen LogP contribution >= 0.6 is 0 Å². The lowest BCUT2D eigenvalue weighted by molar-refractivity contribution is -0.114. The zero-order valence-corrected chi connectivity index (χ0v) is 13.8. The van der Waals surface area contributed by atoms with Crippen LogP contribution in [0.4, 0.5) is 5.69 Å². The molecule has 128 valence electrons. The molecule has 0 radical (unpaired) electrons. The summed E-state index contributed by atoms with van der Waals surface area (Å²) in [5, 5.41) is 2.57. The van der Waals surface area contributed by atoms with E-state index in [1.54, 1.807) is 0 Å². The number of benzene rings is 1. The van der Waals surface area contributed by atoms with Gasteiger partial charge in [-0.05, 0) is 24.3 Å². The van der Waals surface area contributed by atoms with Gasteiger partial charge < -0.3 is 10.1 Å². The summed E-state index contributed by atoms with van der Waals surface area (Å²) in [7, 11) is -3.74. The molecule has 0 aliphatic carbocycles. The van der Waals surface area contributed by atoms with Crippen molar-refractivity contribution in [1.29, 1.82) is 0 Å². The molecule has 9 heteroatoms. The second-order valence-corrected chi connectivity index (χ2v) is 6.74. The predicted molar refractivity (Wildman–Crippen MR) is 84.3 cm³/mol. The standard InChI is InChI=1S/C14H21N3O5S/c1-12(18)15-13-2-4-14(5-3-13)23(19,20)16-22-11-8-17-6-9-21-10-7-17/h2-5,16H,6-11H2,1H3,(H,15,18). The van der Waals surface area contributed by atoms with Gasteiger partial charge in [-0.25, -0.2) is 8.42 Å². The Hall–Kier alpha value is -1.52. The third-order valence-electron chi connectivity index (χ3n) is 3.27. The van der Waals surface area contributed by atoms with E-state index >= 15 is 0 Å². The number of morpholine rings is 1. The average molecular weight is 343 g/mol. The van der Waals surface area contributed by atoms with Gasteiger partial charge >= 0.3 is 0 Å². The second kappa shape index (κ2) is 8.37. The van der Waals surface area contributed by atoms with Crippen molar-refractivity contribution in [1.82, 2.24) is 9.79 Å². The van der Waals surface area contributed by atoms with E-state index in [9.17, 15) is 13.2 Å². The summed E-state index contributed by atoms with van der Waals surface area (Å²) >= 11 is 0. The van der Waals surface area contributed by atoms with Gasteiger partial charge in [0, 0.05) is 32.2 Å². The number of nitrogens with one attached hydrogen (secondary N) is 2. The third-order valence-corrected chi connectivity index (χ3v) is 4.50. The van der Waals surface area contributed by atoms with Crippen LogP contribution in [0.3, 0.4) is 0 Å². The summed E-state index contributed by atoms with van der Waals surface area (Å²) in [5.41, 5.74) is 0.532. The molecule has 8 nitrogen and oxygen atoms in total. The van der Waals surface area contributed by atoms with Crippen molar-refractivity contribution in [2.24, 2.45) is 0 Å². The number of carbonyl (C=O) groups is 1. The molecule has 1 aliphatic rings. The SMILES string of the molecule is CC(=O)Nc1ccc(S(=O)(=O)NOCCN2CCOCC2)cc1. The smallest absolute Gasteiger partial charge is 0.262 e. The number of anilines is 1. The van der Waals surface area contributed by atoms with Gasteiger partial charge in [0.2, 0.25) is 5.91 Å². The molecule has 1 amide bonds. The monoisotopic (exact) mass is 343 g/mol. The summed E-state index contributed by atoms with van der Waals surface area (Å²) in [6, 6.07) is 5.84. The number of nitrogens with zero attached hydrogens (tertiary/aromatic N) is 1. The topological polar surface area (TPSA) is 97.0 Å². The molecule has 1 heterocycles. The Morgan fingerprint density at radius 3 is 2.52 bits per heavy atom. The molecule has 0 aromatic heterocycles. The number of hydrogen-bond acceptors (Lipinski definition) is 6. The highest BCUT2D eigenvalue weighted by atomic mass is 32.2. The summed E-state index contributed by atoms with van der Waals surface area (Å²) in [4.78, 5) is 20.3. The molecule has 0 atom stereocenters. The van der Waals surface area contributed by atoms with Crippen molar-refractivity contribution < 1.29 is 22.8 Å². The van der Waals surface area contributed by atoms with Gasteiger partial charge in [-0.1, -0.05) is 4.89 Å². The lowest BCUT2D eigenvalue weighted by Crippen LogP contribution is -2.39. The van der Waals surface area contributed by atoms with Gasteiger partial charge in [0.1, 0.15) is 0 Å². The van der Waals surface area contributed by atoms with Crippen LogP contribution in [0, 0.1) is 0 Å². The Kier molecular flexibility index (Phi) is 6.48. The molecule has 1 aromatic rings. The molecule has 1 fully saturated rings. The number of sulfonamides is 1. The molecule has 1 aromatic carbocycles. The lowest BCUT2D eigenvalue weighted by atomic mass is 10.3. The van der Waals surface area contributed by atoms with Crippen LogP contribution in [0.1, 0.15) is 6.92 Å². The lowest BCUT2D eigenvalue weighted by Gasteiger charge is -2.26. The van der Waals surface area contributed by atoms with Crippen molar-refractivity contribution in [3.8, 4) is 0 Å². The zero-order valence-electron chi connectivity index (χ0n) is 12.9. The molecule has 1 aliphatic heterocycles. The third kappa shape index (κ3) is 5.88. The first-order valence-electron chi connectivity index (χ1n) is 7.29. The average Bonchev–Trinajstić information content (AvgIpc) is 2.53. The fourth-order valence-electron chi connectivity index (χ4n) is 2.09. The van der Waals surface area contributed by atoms with Crippen LogP contribution in [0.25, 0.3) is 0 Å². The van der Waals surface area contributed by atoms with Gasteiger partial charge in [0.25, 0.3) is 10.0 Å². The molecule has 23 heavy (non-hydrogen) atoms. The maximum atomic E-state index is 12.1. The summed E-state index contributed by atoms with van der Waals surface area (Å²) in [6.45, 7) is 5.28. The summed E-state index contributed by atoms with van der Waals surface area (Å²) in [5.74, 6) is -0.217. The minimum Gasteiger partial charge on any atom is -0.379 e. The summed E-state index contributed by atoms with van der Waals surface area (Å²) in [6.07, 6.45) is 0. The van der Waals surface area contributed by atoms with Gasteiger partial charge in [0.15, 0.2) is 0 Å². The number of ether oxygens (including phenoxy) is 1. The van der Waals surface area contributed by atoms with Gasteiger partial charge in [-0.2, -0.15) is 0 Å². The molecule has 0 unspecified atom stereocenters. The van der Waals surface area contributed by atoms with Crippen molar-refractivity contribution in [3.63, 3.8) is 0 Å².